The van der Waals surface area contributed by atoms with Gasteiger partial charge in [-0.25, -0.2) is 0 Å². The number of carbonyl (C=O) groups excluding carboxylic acids is 1. The third-order valence-corrected chi connectivity index (χ3v) is 3.05. The van der Waals surface area contributed by atoms with E-state index < -0.39 is 0 Å². The summed E-state index contributed by atoms with van der Waals surface area (Å²) in [7, 11) is 3.84. The van der Waals surface area contributed by atoms with Crippen LogP contribution in [0.2, 0.25) is 5.02 Å². The second kappa shape index (κ2) is 6.61. The van der Waals surface area contributed by atoms with Crippen molar-refractivity contribution in [2.75, 3.05) is 30.9 Å². The highest BCUT2D eigenvalue weighted by Gasteiger charge is 2.12. The number of hydrogen-bond acceptors (Lipinski definition) is 3. The fraction of sp³-hybridized carbons (Fsp3) is 0.462. The summed E-state index contributed by atoms with van der Waals surface area (Å²) in [5, 5.41) is 3.45. The van der Waals surface area contributed by atoms with Crippen molar-refractivity contribution < 1.29 is 4.79 Å². The van der Waals surface area contributed by atoms with Crippen LogP contribution in [0, 0.1) is 5.92 Å². The van der Waals surface area contributed by atoms with E-state index in [1.807, 2.05) is 38.1 Å². The third kappa shape index (κ3) is 3.89. The number of nitrogens with zero attached hydrogens (tertiary/aromatic N) is 1. The summed E-state index contributed by atoms with van der Waals surface area (Å²) in [5.41, 5.74) is 7.06. The van der Waals surface area contributed by atoms with E-state index in [4.69, 9.17) is 17.3 Å². The van der Waals surface area contributed by atoms with Crippen LogP contribution in [0.15, 0.2) is 18.2 Å². The van der Waals surface area contributed by atoms with E-state index in [1.54, 1.807) is 6.07 Å². The van der Waals surface area contributed by atoms with Crippen molar-refractivity contribution in [3.63, 3.8) is 0 Å². The van der Waals surface area contributed by atoms with Gasteiger partial charge >= 0.3 is 0 Å². The normalized spacial score (nSPS) is 12.1. The van der Waals surface area contributed by atoms with Gasteiger partial charge in [-0.3, -0.25) is 4.79 Å². The number of hydrogen-bond donors (Lipinski definition) is 2. The van der Waals surface area contributed by atoms with E-state index in [9.17, 15) is 4.79 Å². The lowest BCUT2D eigenvalue weighted by Crippen LogP contribution is -2.22. The molecule has 0 aromatic heterocycles. The molecule has 0 saturated heterocycles. The summed E-state index contributed by atoms with van der Waals surface area (Å²) in [6.45, 7) is 2.37. The first-order valence-corrected chi connectivity index (χ1v) is 6.31. The number of halogens is 1. The van der Waals surface area contributed by atoms with E-state index in [0.717, 1.165) is 5.69 Å². The van der Waals surface area contributed by atoms with Crippen molar-refractivity contribution in [1.29, 1.82) is 0 Å². The van der Waals surface area contributed by atoms with Crippen LogP contribution in [0.1, 0.15) is 13.3 Å². The summed E-state index contributed by atoms with van der Waals surface area (Å²) < 4.78 is 0. The van der Waals surface area contributed by atoms with Gasteiger partial charge in [-0.15, -0.1) is 0 Å². The average molecular weight is 270 g/mol. The smallest absolute Gasteiger partial charge is 0.227 e. The van der Waals surface area contributed by atoms with Crippen LogP contribution in [0.5, 0.6) is 0 Å². The molecule has 1 atom stereocenters. The van der Waals surface area contributed by atoms with Crippen molar-refractivity contribution in [2.45, 2.75) is 13.3 Å². The van der Waals surface area contributed by atoms with Crippen LogP contribution in [-0.4, -0.2) is 26.5 Å². The fourth-order valence-corrected chi connectivity index (χ4v) is 1.94. The van der Waals surface area contributed by atoms with Gasteiger partial charge in [0.05, 0.1) is 10.7 Å². The number of nitrogens with one attached hydrogen (secondary N) is 1. The highest BCUT2D eigenvalue weighted by atomic mass is 35.5. The molecule has 0 radical (unpaired) electrons. The zero-order valence-electron chi connectivity index (χ0n) is 11.0. The molecule has 1 aromatic carbocycles. The molecule has 5 heteroatoms. The maximum atomic E-state index is 11.8. The molecule has 1 aromatic rings. The minimum Gasteiger partial charge on any atom is -0.376 e. The predicted octanol–water partition coefficient (Wildman–Crippen LogP) is 2.33. The van der Waals surface area contributed by atoms with E-state index >= 15 is 0 Å². The molecule has 100 valence electrons. The SMILES string of the molecule is CC(CCN)C(=O)Nc1ccc(N(C)C)c(Cl)c1. The van der Waals surface area contributed by atoms with Gasteiger partial charge in [-0.05, 0) is 31.2 Å². The second-order valence-electron chi connectivity index (χ2n) is 4.53. The number of nitrogens with two attached hydrogens (primary N) is 1. The topological polar surface area (TPSA) is 58.4 Å². The summed E-state index contributed by atoms with van der Waals surface area (Å²) in [4.78, 5) is 13.7. The standard InChI is InChI=1S/C13H20ClN3O/c1-9(6-7-15)13(18)16-10-4-5-12(17(2)3)11(14)8-10/h4-5,8-9H,6-7,15H2,1-3H3,(H,16,18). The number of anilines is 2. The van der Waals surface area contributed by atoms with E-state index in [2.05, 4.69) is 5.32 Å². The van der Waals surface area contributed by atoms with E-state index in [-0.39, 0.29) is 11.8 Å². The minimum absolute atomic E-state index is 0.0332. The van der Waals surface area contributed by atoms with Crippen LogP contribution in [0.4, 0.5) is 11.4 Å². The lowest BCUT2D eigenvalue weighted by molar-refractivity contribution is -0.119. The Hall–Kier alpha value is -1.26. The van der Waals surface area contributed by atoms with Gasteiger partial charge in [0.1, 0.15) is 0 Å². The van der Waals surface area contributed by atoms with Gasteiger partial charge in [0, 0.05) is 25.7 Å². The molecule has 1 amide bonds. The summed E-state index contributed by atoms with van der Waals surface area (Å²) in [5.74, 6) is -0.128. The number of carbonyl (C=O) groups is 1. The van der Waals surface area contributed by atoms with Gasteiger partial charge in [0.2, 0.25) is 5.91 Å². The largest absolute Gasteiger partial charge is 0.376 e. The fourth-order valence-electron chi connectivity index (χ4n) is 1.59. The lowest BCUT2D eigenvalue weighted by Gasteiger charge is -2.16. The Balaban J connectivity index is 2.74. The minimum atomic E-state index is -0.0951. The number of amides is 1. The molecule has 0 aliphatic rings. The van der Waals surface area contributed by atoms with Crippen molar-refractivity contribution in [3.8, 4) is 0 Å². The Morgan fingerprint density at radius 1 is 1.50 bits per heavy atom. The first kappa shape index (κ1) is 14.8. The Kier molecular flexibility index (Phi) is 5.44. The van der Waals surface area contributed by atoms with Gasteiger partial charge in [0.15, 0.2) is 0 Å². The first-order valence-electron chi connectivity index (χ1n) is 5.93. The molecule has 4 nitrogen and oxygen atoms in total. The molecular weight excluding hydrogens is 250 g/mol. The maximum Gasteiger partial charge on any atom is 0.227 e. The van der Waals surface area contributed by atoms with Gasteiger partial charge in [-0.2, -0.15) is 0 Å². The molecular formula is C13H20ClN3O. The monoisotopic (exact) mass is 269 g/mol. The molecule has 0 aliphatic heterocycles. The molecule has 0 spiro atoms. The molecule has 0 bridgehead atoms. The zero-order valence-corrected chi connectivity index (χ0v) is 11.8. The van der Waals surface area contributed by atoms with Crippen molar-refractivity contribution in [2.24, 2.45) is 11.7 Å². The van der Waals surface area contributed by atoms with Gasteiger partial charge < -0.3 is 16.0 Å². The summed E-state index contributed by atoms with van der Waals surface area (Å²) in [6.07, 6.45) is 0.676. The van der Waals surface area contributed by atoms with Crippen LogP contribution in [-0.2, 0) is 4.79 Å². The predicted molar refractivity (Wildman–Crippen MR) is 77.2 cm³/mol. The zero-order chi connectivity index (χ0) is 13.7. The quantitative estimate of drug-likeness (QED) is 0.863. The molecule has 18 heavy (non-hydrogen) atoms. The molecule has 1 rings (SSSR count). The Bertz CT molecular complexity index is 421. The Morgan fingerprint density at radius 2 is 2.17 bits per heavy atom. The van der Waals surface area contributed by atoms with Crippen LogP contribution < -0.4 is 16.0 Å². The Morgan fingerprint density at radius 3 is 2.67 bits per heavy atom. The first-order chi connectivity index (χ1) is 8.45. The van der Waals surface area contributed by atoms with Crippen molar-refractivity contribution >= 4 is 28.9 Å². The van der Waals surface area contributed by atoms with Crippen molar-refractivity contribution in [1.82, 2.24) is 0 Å². The highest BCUT2D eigenvalue weighted by molar-refractivity contribution is 6.33. The van der Waals surface area contributed by atoms with E-state index in [0.29, 0.717) is 23.7 Å². The molecule has 0 aliphatic carbocycles. The molecule has 0 heterocycles. The van der Waals surface area contributed by atoms with Gasteiger partial charge in [0.25, 0.3) is 0 Å². The van der Waals surface area contributed by atoms with Crippen LogP contribution in [0.3, 0.4) is 0 Å². The van der Waals surface area contributed by atoms with Crippen LogP contribution in [0.25, 0.3) is 0 Å². The van der Waals surface area contributed by atoms with E-state index in [1.165, 1.54) is 0 Å². The molecule has 0 saturated carbocycles. The highest BCUT2D eigenvalue weighted by Crippen LogP contribution is 2.27. The van der Waals surface area contributed by atoms with Crippen molar-refractivity contribution in [3.05, 3.63) is 23.2 Å². The number of benzene rings is 1. The number of rotatable bonds is 5. The maximum absolute atomic E-state index is 11.8. The van der Waals surface area contributed by atoms with Crippen LogP contribution >= 0.6 is 11.6 Å². The lowest BCUT2D eigenvalue weighted by atomic mass is 10.1. The molecule has 1 unspecified atom stereocenters. The summed E-state index contributed by atoms with van der Waals surface area (Å²) >= 11 is 6.14. The third-order valence-electron chi connectivity index (χ3n) is 2.74. The summed E-state index contributed by atoms with van der Waals surface area (Å²) in [6, 6.07) is 5.48. The Labute approximate surface area is 113 Å². The average Bonchev–Trinajstić information content (AvgIpc) is 2.28. The molecule has 3 N–H and O–H groups in total. The second-order valence-corrected chi connectivity index (χ2v) is 4.94. The molecule has 0 fully saturated rings. The van der Waals surface area contributed by atoms with Gasteiger partial charge in [-0.1, -0.05) is 18.5 Å².